The Morgan fingerprint density at radius 3 is 3.00 bits per heavy atom. The molecule has 2 nitrogen and oxygen atoms in total. The zero-order valence-corrected chi connectivity index (χ0v) is 9.17. The summed E-state index contributed by atoms with van der Waals surface area (Å²) in [5, 5.41) is 0.878. The topological polar surface area (TPSA) is 30.0 Å². The van der Waals surface area contributed by atoms with E-state index < -0.39 is 0 Å². The van der Waals surface area contributed by atoms with Crippen LogP contribution in [0.5, 0.6) is 0 Å². The van der Waals surface area contributed by atoms with Crippen LogP contribution in [0.15, 0.2) is 18.5 Å². The number of hydrogen-bond acceptors (Lipinski definition) is 2. The van der Waals surface area contributed by atoms with Crippen LogP contribution in [0.25, 0.3) is 0 Å². The average Bonchev–Trinajstić information content (AvgIpc) is 2.15. The number of aryl methyl sites for hydroxylation is 1. The van der Waals surface area contributed by atoms with E-state index in [2.05, 4.69) is 20.9 Å². The van der Waals surface area contributed by atoms with Crippen molar-refractivity contribution in [1.82, 2.24) is 4.98 Å². The molecule has 13 heavy (non-hydrogen) atoms. The van der Waals surface area contributed by atoms with E-state index in [1.807, 2.05) is 6.92 Å². The molecule has 0 N–H and O–H groups in total. The summed E-state index contributed by atoms with van der Waals surface area (Å²) in [6.07, 6.45) is 4.88. The highest BCUT2D eigenvalue weighted by atomic mass is 79.9. The predicted octanol–water partition coefficient (Wildman–Crippen LogP) is 2.75. The number of Topliss-reactive ketones (excluding diaryl/α,β-unsaturated/α-hetero) is 1. The predicted molar refractivity (Wildman–Crippen MR) is 56.3 cm³/mol. The van der Waals surface area contributed by atoms with E-state index in [-0.39, 0.29) is 5.78 Å². The van der Waals surface area contributed by atoms with Gasteiger partial charge in [0.1, 0.15) is 0 Å². The van der Waals surface area contributed by atoms with Gasteiger partial charge in [-0.1, -0.05) is 15.9 Å². The second-order valence-electron chi connectivity index (χ2n) is 2.91. The second kappa shape index (κ2) is 5.12. The zero-order chi connectivity index (χ0) is 9.68. The van der Waals surface area contributed by atoms with Crippen molar-refractivity contribution in [3.63, 3.8) is 0 Å². The molecule has 0 bridgehead atoms. The van der Waals surface area contributed by atoms with Crippen molar-refractivity contribution in [1.29, 1.82) is 0 Å². The molecule has 0 atom stereocenters. The Balaban J connectivity index is 2.71. The van der Waals surface area contributed by atoms with E-state index >= 15 is 0 Å². The van der Waals surface area contributed by atoms with E-state index in [0.717, 1.165) is 22.9 Å². The molecule has 0 fully saturated rings. The van der Waals surface area contributed by atoms with Crippen molar-refractivity contribution in [3.8, 4) is 0 Å². The number of aromatic nitrogens is 1. The standard InChI is InChI=1S/C10H12BrNO/c1-8-7-12-6-4-9(8)10(13)3-2-5-11/h4,6-7H,2-3,5H2,1H3. The molecule has 0 aliphatic heterocycles. The smallest absolute Gasteiger partial charge is 0.163 e. The number of pyridine rings is 1. The van der Waals surface area contributed by atoms with Crippen LogP contribution in [-0.2, 0) is 0 Å². The summed E-state index contributed by atoms with van der Waals surface area (Å²) in [7, 11) is 0. The lowest BCUT2D eigenvalue weighted by Crippen LogP contribution is -2.02. The van der Waals surface area contributed by atoms with Crippen LogP contribution in [0.4, 0.5) is 0 Å². The summed E-state index contributed by atoms with van der Waals surface area (Å²) in [4.78, 5) is 15.5. The summed E-state index contributed by atoms with van der Waals surface area (Å²) in [6.45, 7) is 1.91. The van der Waals surface area contributed by atoms with Gasteiger partial charge in [-0.2, -0.15) is 0 Å². The number of ketones is 1. The molecule has 0 amide bonds. The van der Waals surface area contributed by atoms with E-state index in [1.54, 1.807) is 18.5 Å². The Morgan fingerprint density at radius 1 is 1.62 bits per heavy atom. The molecule has 3 heteroatoms. The molecule has 0 aromatic carbocycles. The molecule has 0 radical (unpaired) electrons. The van der Waals surface area contributed by atoms with E-state index in [1.165, 1.54) is 0 Å². The molecular weight excluding hydrogens is 230 g/mol. The number of hydrogen-bond donors (Lipinski definition) is 0. The summed E-state index contributed by atoms with van der Waals surface area (Å²) >= 11 is 3.30. The lowest BCUT2D eigenvalue weighted by Gasteiger charge is -2.02. The fourth-order valence-electron chi connectivity index (χ4n) is 1.15. The summed E-state index contributed by atoms with van der Waals surface area (Å²) < 4.78 is 0. The Morgan fingerprint density at radius 2 is 2.38 bits per heavy atom. The number of halogens is 1. The molecule has 1 aromatic heterocycles. The van der Waals surface area contributed by atoms with Gasteiger partial charge < -0.3 is 0 Å². The second-order valence-corrected chi connectivity index (χ2v) is 3.70. The van der Waals surface area contributed by atoms with Gasteiger partial charge in [0.25, 0.3) is 0 Å². The number of rotatable bonds is 4. The Kier molecular flexibility index (Phi) is 4.09. The maximum atomic E-state index is 11.6. The van der Waals surface area contributed by atoms with E-state index in [4.69, 9.17) is 0 Å². The molecule has 70 valence electrons. The molecule has 1 aromatic rings. The van der Waals surface area contributed by atoms with Crippen molar-refractivity contribution >= 4 is 21.7 Å². The summed E-state index contributed by atoms with van der Waals surface area (Å²) in [5.74, 6) is 0.208. The molecule has 0 aliphatic rings. The minimum atomic E-state index is 0.208. The molecule has 0 saturated carbocycles. The van der Waals surface area contributed by atoms with Gasteiger partial charge in [-0.3, -0.25) is 9.78 Å². The van der Waals surface area contributed by atoms with Crippen LogP contribution >= 0.6 is 15.9 Å². The van der Waals surface area contributed by atoms with Crippen LogP contribution in [0, 0.1) is 6.92 Å². The van der Waals surface area contributed by atoms with Gasteiger partial charge in [-0.05, 0) is 25.0 Å². The van der Waals surface area contributed by atoms with Crippen molar-refractivity contribution in [3.05, 3.63) is 29.6 Å². The minimum absolute atomic E-state index is 0.208. The minimum Gasteiger partial charge on any atom is -0.294 e. The van der Waals surface area contributed by atoms with Gasteiger partial charge in [0.15, 0.2) is 5.78 Å². The van der Waals surface area contributed by atoms with Gasteiger partial charge in [-0.15, -0.1) is 0 Å². The molecule has 0 unspecified atom stereocenters. The first-order valence-electron chi connectivity index (χ1n) is 4.25. The first-order valence-corrected chi connectivity index (χ1v) is 5.37. The molecule has 0 spiro atoms. The van der Waals surface area contributed by atoms with Crippen molar-refractivity contribution in [2.45, 2.75) is 19.8 Å². The third kappa shape index (κ3) is 2.92. The number of carbonyl (C=O) groups is 1. The zero-order valence-electron chi connectivity index (χ0n) is 7.59. The van der Waals surface area contributed by atoms with Crippen LogP contribution in [0.2, 0.25) is 0 Å². The van der Waals surface area contributed by atoms with Gasteiger partial charge in [0.2, 0.25) is 0 Å². The van der Waals surface area contributed by atoms with Crippen LogP contribution < -0.4 is 0 Å². The molecular formula is C10H12BrNO. The van der Waals surface area contributed by atoms with Crippen molar-refractivity contribution < 1.29 is 4.79 Å². The summed E-state index contributed by atoms with van der Waals surface area (Å²) in [6, 6.07) is 1.78. The Hall–Kier alpha value is -0.700. The Labute approximate surface area is 86.5 Å². The maximum Gasteiger partial charge on any atom is 0.163 e. The molecule has 0 saturated heterocycles. The highest BCUT2D eigenvalue weighted by Gasteiger charge is 2.07. The monoisotopic (exact) mass is 241 g/mol. The van der Waals surface area contributed by atoms with Crippen molar-refractivity contribution in [2.75, 3.05) is 5.33 Å². The third-order valence-electron chi connectivity index (χ3n) is 1.86. The fourth-order valence-corrected chi connectivity index (χ4v) is 1.43. The molecule has 1 heterocycles. The molecule has 0 aliphatic carbocycles. The van der Waals surface area contributed by atoms with Crippen LogP contribution in [0.1, 0.15) is 28.8 Å². The lowest BCUT2D eigenvalue weighted by molar-refractivity contribution is 0.0981. The SMILES string of the molecule is Cc1cnccc1C(=O)CCCBr. The quantitative estimate of drug-likeness (QED) is 0.600. The number of nitrogens with zero attached hydrogens (tertiary/aromatic N) is 1. The van der Waals surface area contributed by atoms with E-state index in [9.17, 15) is 4.79 Å². The Bertz CT molecular complexity index is 299. The highest BCUT2D eigenvalue weighted by molar-refractivity contribution is 9.09. The summed E-state index contributed by atoms with van der Waals surface area (Å²) in [5.41, 5.74) is 1.76. The van der Waals surface area contributed by atoms with Gasteiger partial charge in [0, 0.05) is 29.7 Å². The van der Waals surface area contributed by atoms with Gasteiger partial charge >= 0.3 is 0 Å². The van der Waals surface area contributed by atoms with E-state index in [0.29, 0.717) is 6.42 Å². The maximum absolute atomic E-state index is 11.6. The van der Waals surface area contributed by atoms with Gasteiger partial charge in [0.05, 0.1) is 0 Å². The van der Waals surface area contributed by atoms with Crippen LogP contribution in [0.3, 0.4) is 0 Å². The first-order chi connectivity index (χ1) is 6.25. The fraction of sp³-hybridized carbons (Fsp3) is 0.400. The number of carbonyl (C=O) groups excluding carboxylic acids is 1. The largest absolute Gasteiger partial charge is 0.294 e. The number of alkyl halides is 1. The normalized spacial score (nSPS) is 10.0. The lowest BCUT2D eigenvalue weighted by atomic mass is 10.0. The third-order valence-corrected chi connectivity index (χ3v) is 2.42. The molecule has 1 rings (SSSR count). The van der Waals surface area contributed by atoms with Crippen molar-refractivity contribution in [2.24, 2.45) is 0 Å². The first kappa shape index (κ1) is 10.4. The highest BCUT2D eigenvalue weighted by Crippen LogP contribution is 2.09. The van der Waals surface area contributed by atoms with Gasteiger partial charge in [-0.25, -0.2) is 0 Å². The van der Waals surface area contributed by atoms with Crippen LogP contribution in [-0.4, -0.2) is 16.1 Å². The average molecular weight is 242 g/mol.